The topological polar surface area (TPSA) is 115 Å². The molecule has 2 aliphatic heterocycles. The number of hydrogen-bond acceptors (Lipinski definition) is 6. The van der Waals surface area contributed by atoms with E-state index < -0.39 is 12.1 Å². The van der Waals surface area contributed by atoms with Crippen molar-refractivity contribution < 1.29 is 27.4 Å². The quantitative estimate of drug-likeness (QED) is 0.506. The van der Waals surface area contributed by atoms with Gasteiger partial charge in [0.1, 0.15) is 5.75 Å². The number of alkyl halides is 3. The summed E-state index contributed by atoms with van der Waals surface area (Å²) < 4.78 is 48.5. The number of carbonyl (C=O) groups is 1. The smallest absolute Gasteiger partial charge is 0.406 e. The first kappa shape index (κ1) is 25.1. The molecule has 2 saturated heterocycles. The summed E-state index contributed by atoms with van der Waals surface area (Å²) in [5, 5.41) is 0. The number of anilines is 1. The Morgan fingerprint density at radius 2 is 1.86 bits per heavy atom. The molecule has 5 rings (SSSR count). The fourth-order valence-electron chi connectivity index (χ4n) is 5.37. The Bertz CT molecular complexity index is 1370. The van der Waals surface area contributed by atoms with Gasteiger partial charge in [-0.3, -0.25) is 14.3 Å². The summed E-state index contributed by atoms with van der Waals surface area (Å²) in [5.74, 6) is -0.523. The normalized spacial score (nSPS) is 17.9. The van der Waals surface area contributed by atoms with Crippen LogP contribution in [0.5, 0.6) is 5.75 Å². The van der Waals surface area contributed by atoms with Crippen molar-refractivity contribution in [1.29, 1.82) is 0 Å². The van der Waals surface area contributed by atoms with Crippen LogP contribution >= 0.6 is 0 Å². The van der Waals surface area contributed by atoms with Crippen LogP contribution in [0.15, 0.2) is 29.1 Å². The first-order chi connectivity index (χ1) is 17.6. The van der Waals surface area contributed by atoms with E-state index in [4.69, 9.17) is 10.5 Å². The molecule has 0 radical (unpaired) electrons. The number of H-pyrrole nitrogens is 1. The van der Waals surface area contributed by atoms with Gasteiger partial charge in [-0.05, 0) is 62.3 Å². The second-order valence-corrected chi connectivity index (χ2v) is 9.54. The lowest BCUT2D eigenvalue weighted by Crippen LogP contribution is -2.40. The molecule has 12 heteroatoms. The number of nitrogens with one attached hydrogen (secondary N) is 1. The molecular formula is C25H28F3N5O4. The molecule has 198 valence electrons. The number of likely N-dealkylation sites (tertiary alicyclic amines) is 1. The maximum atomic E-state index is 13.0. The summed E-state index contributed by atoms with van der Waals surface area (Å²) in [6, 6.07) is 5.23. The number of aromatic amines is 1. The van der Waals surface area contributed by atoms with Gasteiger partial charge in [0.25, 0.3) is 5.91 Å². The Morgan fingerprint density at radius 1 is 1.16 bits per heavy atom. The molecule has 2 aromatic heterocycles. The molecule has 3 N–H and O–H groups in total. The lowest BCUT2D eigenvalue weighted by atomic mass is 9.90. The predicted octanol–water partition coefficient (Wildman–Crippen LogP) is 3.89. The summed E-state index contributed by atoms with van der Waals surface area (Å²) in [6.07, 6.45) is -1.95. The summed E-state index contributed by atoms with van der Waals surface area (Å²) >= 11 is 0. The first-order valence-corrected chi connectivity index (χ1v) is 12.2. The van der Waals surface area contributed by atoms with Crippen LogP contribution in [0.25, 0.3) is 11.2 Å². The molecule has 0 atom stereocenters. The molecule has 4 heterocycles. The summed E-state index contributed by atoms with van der Waals surface area (Å²) in [6.45, 7) is 4.11. The molecule has 1 aromatic carbocycles. The third kappa shape index (κ3) is 5.15. The number of aromatic nitrogens is 3. The fraction of sp³-hybridized carbons (Fsp3) is 0.480. The van der Waals surface area contributed by atoms with E-state index in [1.165, 1.54) is 6.07 Å². The van der Waals surface area contributed by atoms with Crippen LogP contribution in [0.4, 0.5) is 18.9 Å². The van der Waals surface area contributed by atoms with Crippen molar-refractivity contribution in [2.24, 2.45) is 0 Å². The van der Waals surface area contributed by atoms with E-state index in [-0.39, 0.29) is 28.9 Å². The van der Waals surface area contributed by atoms with Crippen LogP contribution in [0, 0.1) is 6.92 Å². The third-order valence-electron chi connectivity index (χ3n) is 7.20. The molecule has 2 fully saturated rings. The maximum Gasteiger partial charge on any atom is 0.573 e. The fourth-order valence-corrected chi connectivity index (χ4v) is 5.37. The van der Waals surface area contributed by atoms with Crippen LogP contribution < -0.4 is 16.2 Å². The van der Waals surface area contributed by atoms with Gasteiger partial charge < -0.3 is 20.1 Å². The van der Waals surface area contributed by atoms with Gasteiger partial charge in [0, 0.05) is 49.8 Å². The zero-order valence-corrected chi connectivity index (χ0v) is 20.3. The first-order valence-electron chi connectivity index (χ1n) is 12.2. The van der Waals surface area contributed by atoms with E-state index in [9.17, 15) is 22.8 Å². The van der Waals surface area contributed by atoms with Gasteiger partial charge in [-0.2, -0.15) is 0 Å². The second kappa shape index (κ2) is 9.73. The Balaban J connectivity index is 1.32. The van der Waals surface area contributed by atoms with Gasteiger partial charge in [0.2, 0.25) is 0 Å². The number of hydrogen-bond donors (Lipinski definition) is 2. The minimum atomic E-state index is -4.85. The number of fused-ring (bicyclic) bond motifs is 1. The van der Waals surface area contributed by atoms with Gasteiger partial charge in [-0.25, -0.2) is 9.78 Å². The molecule has 1 amide bonds. The number of imidazole rings is 1. The van der Waals surface area contributed by atoms with Gasteiger partial charge in [-0.1, -0.05) is 0 Å². The molecule has 0 bridgehead atoms. The highest BCUT2D eigenvalue weighted by atomic mass is 19.4. The van der Waals surface area contributed by atoms with E-state index in [0.29, 0.717) is 50.7 Å². The molecule has 37 heavy (non-hydrogen) atoms. The number of nitrogens with zero attached hydrogens (tertiary/aromatic N) is 3. The molecule has 0 saturated carbocycles. The number of nitrogen functional groups attached to an aromatic ring is 1. The van der Waals surface area contributed by atoms with E-state index in [1.807, 2.05) is 6.92 Å². The number of halogens is 3. The Labute approximate surface area is 210 Å². The molecule has 0 unspecified atom stereocenters. The number of benzene rings is 1. The molecule has 2 aliphatic rings. The summed E-state index contributed by atoms with van der Waals surface area (Å²) in [5.41, 5.74) is 8.98. The van der Waals surface area contributed by atoms with Crippen molar-refractivity contribution in [1.82, 2.24) is 19.4 Å². The third-order valence-corrected chi connectivity index (χ3v) is 7.20. The van der Waals surface area contributed by atoms with E-state index in [0.717, 1.165) is 41.7 Å². The summed E-state index contributed by atoms with van der Waals surface area (Å²) in [4.78, 5) is 35.1. The number of nitrogens with two attached hydrogens (primary N) is 1. The van der Waals surface area contributed by atoms with Crippen molar-refractivity contribution in [3.05, 3.63) is 51.6 Å². The highest BCUT2D eigenvalue weighted by Crippen LogP contribution is 2.33. The van der Waals surface area contributed by atoms with Crippen molar-refractivity contribution in [2.45, 2.75) is 50.9 Å². The van der Waals surface area contributed by atoms with Crippen LogP contribution in [0.3, 0.4) is 0 Å². The molecule has 9 nitrogen and oxygen atoms in total. The van der Waals surface area contributed by atoms with E-state index >= 15 is 0 Å². The minimum Gasteiger partial charge on any atom is -0.406 e. The van der Waals surface area contributed by atoms with Crippen molar-refractivity contribution in [2.75, 3.05) is 32.0 Å². The molecular weight excluding hydrogens is 491 g/mol. The van der Waals surface area contributed by atoms with Gasteiger partial charge in [0.05, 0.1) is 11.1 Å². The van der Waals surface area contributed by atoms with Gasteiger partial charge in [0.15, 0.2) is 5.65 Å². The Kier molecular flexibility index (Phi) is 6.61. The Morgan fingerprint density at radius 3 is 2.51 bits per heavy atom. The van der Waals surface area contributed by atoms with Crippen molar-refractivity contribution in [3.63, 3.8) is 0 Å². The van der Waals surface area contributed by atoms with Crippen molar-refractivity contribution in [3.8, 4) is 5.75 Å². The SMILES string of the molecule is Cc1nc2[nH]c(=O)n(C3CCN(C(=O)c4ccc(OC(F)(F)F)cc4N)CC3)c2cc1C1CCOCC1. The van der Waals surface area contributed by atoms with Crippen LogP contribution in [-0.4, -0.2) is 58.0 Å². The van der Waals surface area contributed by atoms with Crippen LogP contribution in [0.1, 0.15) is 59.3 Å². The second-order valence-electron chi connectivity index (χ2n) is 9.54. The van der Waals surface area contributed by atoms with Gasteiger partial charge >= 0.3 is 12.1 Å². The monoisotopic (exact) mass is 519 g/mol. The largest absolute Gasteiger partial charge is 0.573 e. The molecule has 3 aromatic rings. The van der Waals surface area contributed by atoms with Crippen LogP contribution in [0.2, 0.25) is 0 Å². The number of pyridine rings is 1. The number of aryl methyl sites for hydroxylation is 1. The average molecular weight is 520 g/mol. The number of rotatable bonds is 4. The zero-order valence-electron chi connectivity index (χ0n) is 20.3. The number of carbonyl (C=O) groups excluding carboxylic acids is 1. The average Bonchev–Trinajstić information content (AvgIpc) is 3.17. The number of amides is 1. The lowest BCUT2D eigenvalue weighted by Gasteiger charge is -2.33. The van der Waals surface area contributed by atoms with E-state index in [2.05, 4.69) is 20.8 Å². The lowest BCUT2D eigenvalue weighted by molar-refractivity contribution is -0.274. The highest BCUT2D eigenvalue weighted by molar-refractivity contribution is 5.99. The van der Waals surface area contributed by atoms with Crippen LogP contribution in [-0.2, 0) is 4.74 Å². The van der Waals surface area contributed by atoms with E-state index in [1.54, 1.807) is 9.47 Å². The standard InChI is InChI=1S/C25H28F3N5O4/c1-14-19(15-6-10-36-11-7-15)13-21-22(30-14)31-24(35)33(21)16-4-8-32(9-5-16)23(34)18-3-2-17(12-20(18)29)37-25(26,27)28/h2-3,12-13,15-16H,4-11,29H2,1H3,(H,30,31,35). The highest BCUT2D eigenvalue weighted by Gasteiger charge is 2.32. The molecule has 0 spiro atoms. The van der Waals surface area contributed by atoms with Crippen molar-refractivity contribution >= 4 is 22.8 Å². The minimum absolute atomic E-state index is 0.0937. The zero-order chi connectivity index (χ0) is 26.3. The number of ether oxygens (including phenoxy) is 2. The summed E-state index contributed by atoms with van der Waals surface area (Å²) in [7, 11) is 0. The Hall–Kier alpha value is -3.54. The molecule has 0 aliphatic carbocycles. The number of piperidine rings is 1. The maximum absolute atomic E-state index is 13.0. The predicted molar refractivity (Wildman–Crippen MR) is 130 cm³/mol. The van der Waals surface area contributed by atoms with Gasteiger partial charge in [-0.15, -0.1) is 13.2 Å².